The van der Waals surface area contributed by atoms with Crippen molar-refractivity contribution in [2.75, 3.05) is 6.61 Å². The molecule has 4 aromatic rings. The van der Waals surface area contributed by atoms with Gasteiger partial charge < -0.3 is 9.40 Å². The van der Waals surface area contributed by atoms with E-state index in [1.54, 1.807) is 22.5 Å². The summed E-state index contributed by atoms with van der Waals surface area (Å²) >= 11 is 0. The van der Waals surface area contributed by atoms with Crippen LogP contribution in [0.4, 0.5) is 0 Å². The normalized spacial score (nSPS) is 11.9. The summed E-state index contributed by atoms with van der Waals surface area (Å²) in [6, 6.07) is 9.78. The first-order valence-electron chi connectivity index (χ1n) is 10.7. The molecule has 0 saturated carbocycles. The van der Waals surface area contributed by atoms with Gasteiger partial charge in [-0.25, -0.2) is 14.5 Å². The molecule has 0 atom stereocenters. The zero-order valence-corrected chi connectivity index (χ0v) is 18.9. The van der Waals surface area contributed by atoms with Crippen LogP contribution in [0.3, 0.4) is 0 Å². The zero-order chi connectivity index (χ0) is 23.4. The molecule has 3 aromatic heterocycles. The molecule has 0 amide bonds. The van der Waals surface area contributed by atoms with Crippen LogP contribution in [0.5, 0.6) is 0 Å². The van der Waals surface area contributed by atoms with Crippen LogP contribution in [0.25, 0.3) is 11.2 Å². The molecule has 3 heterocycles. The van der Waals surface area contributed by atoms with Crippen molar-refractivity contribution in [3.8, 4) is 0 Å². The Morgan fingerprint density at radius 1 is 1.12 bits per heavy atom. The molecule has 0 fully saturated rings. The lowest BCUT2D eigenvalue weighted by Gasteiger charge is -2.07. The Morgan fingerprint density at radius 2 is 1.91 bits per heavy atom. The molecule has 0 unspecified atom stereocenters. The van der Waals surface area contributed by atoms with Crippen LogP contribution < -0.4 is 11.2 Å². The van der Waals surface area contributed by atoms with E-state index < -0.39 is 11.2 Å². The van der Waals surface area contributed by atoms with Crippen LogP contribution in [0.15, 0.2) is 57.6 Å². The Morgan fingerprint density at radius 3 is 2.67 bits per heavy atom. The minimum Gasteiger partial charge on any atom is -0.396 e. The van der Waals surface area contributed by atoms with E-state index in [4.69, 9.17) is 4.84 Å². The number of aromatic nitrogens is 7. The first-order valence-corrected chi connectivity index (χ1v) is 10.7. The molecular weight excluding hydrogens is 424 g/mol. The lowest BCUT2D eigenvalue weighted by atomic mass is 10.1. The van der Waals surface area contributed by atoms with Crippen molar-refractivity contribution in [1.29, 1.82) is 0 Å². The zero-order valence-electron chi connectivity index (χ0n) is 18.9. The Balaban J connectivity index is 1.58. The van der Waals surface area contributed by atoms with E-state index in [-0.39, 0.29) is 6.54 Å². The highest BCUT2D eigenvalue weighted by molar-refractivity contribution is 5.99. The fourth-order valence-corrected chi connectivity index (χ4v) is 3.47. The second kappa shape index (κ2) is 9.63. The second-order valence-corrected chi connectivity index (χ2v) is 7.75. The molecule has 0 aliphatic rings. The first-order chi connectivity index (χ1) is 16.0. The smallest absolute Gasteiger partial charge is 0.332 e. The predicted molar refractivity (Wildman–Crippen MR) is 123 cm³/mol. The molecule has 0 radical (unpaired) electrons. The molecule has 172 valence electrons. The topological polar surface area (TPSA) is 114 Å². The van der Waals surface area contributed by atoms with Gasteiger partial charge in [-0.15, -0.1) is 5.10 Å². The van der Waals surface area contributed by atoms with Gasteiger partial charge in [0.2, 0.25) is 0 Å². The molecular formula is C22H26N8O3. The van der Waals surface area contributed by atoms with Crippen molar-refractivity contribution in [1.82, 2.24) is 33.7 Å². The lowest BCUT2D eigenvalue weighted by molar-refractivity contribution is 0.140. The highest BCUT2D eigenvalue weighted by Gasteiger charge is 2.15. The van der Waals surface area contributed by atoms with Crippen LogP contribution in [-0.4, -0.2) is 46.0 Å². The number of benzene rings is 1. The third-order valence-corrected chi connectivity index (χ3v) is 5.32. The summed E-state index contributed by atoms with van der Waals surface area (Å²) in [7, 11) is 3.04. The summed E-state index contributed by atoms with van der Waals surface area (Å²) in [5, 5.41) is 12.8. The number of unbranched alkanes of at least 4 members (excludes halogenated alkanes) is 1. The number of hydrogen-bond donors (Lipinski definition) is 0. The molecule has 0 N–H and O–H groups in total. The maximum atomic E-state index is 12.6. The van der Waals surface area contributed by atoms with Gasteiger partial charge in [0.05, 0.1) is 25.6 Å². The molecule has 11 nitrogen and oxygen atoms in total. The average Bonchev–Trinajstić information content (AvgIpc) is 3.46. The van der Waals surface area contributed by atoms with Crippen molar-refractivity contribution < 1.29 is 4.84 Å². The molecule has 0 saturated heterocycles. The van der Waals surface area contributed by atoms with E-state index >= 15 is 0 Å². The number of hydrogen-bond acceptors (Lipinski definition) is 7. The molecule has 11 heteroatoms. The summed E-state index contributed by atoms with van der Waals surface area (Å²) in [6.45, 7) is 3.32. The molecule has 1 aromatic carbocycles. The SMILES string of the molecule is CCCCO/N=C(\Cn1cc(Cn2cnc3c2c(=O)n(C)c(=O)n3C)nn1)c1ccccc1. The summed E-state index contributed by atoms with van der Waals surface area (Å²) in [5.41, 5.74) is 2.17. The number of oxime groups is 1. The fourth-order valence-electron chi connectivity index (χ4n) is 3.47. The summed E-state index contributed by atoms with van der Waals surface area (Å²) in [4.78, 5) is 34.5. The van der Waals surface area contributed by atoms with Gasteiger partial charge in [0, 0.05) is 19.7 Å². The third-order valence-electron chi connectivity index (χ3n) is 5.32. The van der Waals surface area contributed by atoms with Gasteiger partial charge in [-0.2, -0.15) is 0 Å². The van der Waals surface area contributed by atoms with E-state index in [0.29, 0.717) is 30.0 Å². The number of rotatable bonds is 9. The van der Waals surface area contributed by atoms with Crippen LogP contribution in [-0.2, 0) is 32.0 Å². The van der Waals surface area contributed by atoms with Crippen LogP contribution in [0, 0.1) is 0 Å². The van der Waals surface area contributed by atoms with Crippen molar-refractivity contribution in [2.24, 2.45) is 19.3 Å². The number of aryl methyl sites for hydroxylation is 1. The van der Waals surface area contributed by atoms with Crippen molar-refractivity contribution in [2.45, 2.75) is 32.9 Å². The number of imidazole rings is 1. The molecule has 0 spiro atoms. The van der Waals surface area contributed by atoms with Crippen molar-refractivity contribution in [3.63, 3.8) is 0 Å². The maximum Gasteiger partial charge on any atom is 0.332 e. The Hall–Kier alpha value is -4.02. The van der Waals surface area contributed by atoms with Gasteiger partial charge in [0.25, 0.3) is 5.56 Å². The number of fused-ring (bicyclic) bond motifs is 1. The Labute approximate surface area is 189 Å². The van der Waals surface area contributed by atoms with Gasteiger partial charge in [0.15, 0.2) is 11.2 Å². The predicted octanol–water partition coefficient (Wildman–Crippen LogP) is 1.29. The molecule has 33 heavy (non-hydrogen) atoms. The van der Waals surface area contributed by atoms with E-state index in [2.05, 4.69) is 27.4 Å². The molecule has 0 aliphatic carbocycles. The van der Waals surface area contributed by atoms with Crippen LogP contribution >= 0.6 is 0 Å². The lowest BCUT2D eigenvalue weighted by Crippen LogP contribution is -2.37. The number of nitrogens with zero attached hydrogens (tertiary/aromatic N) is 8. The first kappa shape index (κ1) is 22.2. The van der Waals surface area contributed by atoms with E-state index in [9.17, 15) is 9.59 Å². The fraction of sp³-hybridized carbons (Fsp3) is 0.364. The highest BCUT2D eigenvalue weighted by Crippen LogP contribution is 2.09. The molecule has 4 rings (SSSR count). The minimum atomic E-state index is -0.419. The van der Waals surface area contributed by atoms with Gasteiger partial charge in [0.1, 0.15) is 18.0 Å². The summed E-state index contributed by atoms with van der Waals surface area (Å²) < 4.78 is 5.77. The largest absolute Gasteiger partial charge is 0.396 e. The molecule has 0 bridgehead atoms. The van der Waals surface area contributed by atoms with Gasteiger partial charge >= 0.3 is 5.69 Å². The standard InChI is InChI=1S/C22H26N8O3/c1-4-5-11-33-25-18(16-9-7-6-8-10-16)14-30-13-17(24-26-30)12-29-15-23-20-19(29)21(31)28(3)22(32)27(20)2/h6-10,13,15H,4-5,11-12,14H2,1-3H3/b25-18+. The van der Waals surface area contributed by atoms with Crippen molar-refractivity contribution in [3.05, 3.63) is 75.0 Å². The second-order valence-electron chi connectivity index (χ2n) is 7.75. The summed E-state index contributed by atoms with van der Waals surface area (Å²) in [5.74, 6) is 0. The monoisotopic (exact) mass is 450 g/mol. The third kappa shape index (κ3) is 4.61. The van der Waals surface area contributed by atoms with Gasteiger partial charge in [-0.05, 0) is 6.42 Å². The molecule has 0 aliphatic heterocycles. The Kier molecular flexibility index (Phi) is 6.48. The van der Waals surface area contributed by atoms with Gasteiger partial charge in [-0.1, -0.05) is 54.0 Å². The van der Waals surface area contributed by atoms with Crippen LogP contribution in [0.1, 0.15) is 31.0 Å². The maximum absolute atomic E-state index is 12.6. The van der Waals surface area contributed by atoms with Crippen molar-refractivity contribution >= 4 is 16.9 Å². The minimum absolute atomic E-state index is 0.286. The highest BCUT2D eigenvalue weighted by atomic mass is 16.6. The average molecular weight is 451 g/mol. The van der Waals surface area contributed by atoms with Crippen LogP contribution in [0.2, 0.25) is 0 Å². The van der Waals surface area contributed by atoms with Gasteiger partial charge in [-0.3, -0.25) is 13.9 Å². The Bertz CT molecular complexity index is 1390. The van der Waals surface area contributed by atoms with E-state index in [1.807, 2.05) is 30.3 Å². The quantitative estimate of drug-likeness (QED) is 0.216. The summed E-state index contributed by atoms with van der Waals surface area (Å²) in [6.07, 6.45) is 5.29. The van der Waals surface area contributed by atoms with E-state index in [0.717, 1.165) is 28.7 Å². The van der Waals surface area contributed by atoms with E-state index in [1.165, 1.54) is 17.9 Å².